The lowest BCUT2D eigenvalue weighted by Gasteiger charge is -2.35. The molecule has 9 nitrogen and oxygen atoms in total. The molecule has 1 saturated carbocycles. The summed E-state index contributed by atoms with van der Waals surface area (Å²) in [6, 6.07) is 12.2. The van der Waals surface area contributed by atoms with Crippen molar-refractivity contribution in [3.63, 3.8) is 0 Å². The molecule has 196 valence electrons. The minimum absolute atomic E-state index is 0.0945. The number of amides is 1. The molecule has 11 heteroatoms. The van der Waals surface area contributed by atoms with Gasteiger partial charge in [0.15, 0.2) is 5.82 Å². The molecule has 0 unspecified atom stereocenters. The van der Waals surface area contributed by atoms with E-state index in [-0.39, 0.29) is 17.5 Å². The fourth-order valence-electron chi connectivity index (χ4n) is 4.78. The van der Waals surface area contributed by atoms with Crippen LogP contribution < -0.4 is 10.1 Å². The number of fused-ring (bicyclic) bond motifs is 1. The van der Waals surface area contributed by atoms with Crippen LogP contribution in [0.15, 0.2) is 67.1 Å². The van der Waals surface area contributed by atoms with Gasteiger partial charge in [-0.15, -0.1) is 10.2 Å². The van der Waals surface area contributed by atoms with Crippen LogP contribution in [-0.2, 0) is 0 Å². The van der Waals surface area contributed by atoms with Gasteiger partial charge in [-0.05, 0) is 50.1 Å². The fraction of sp³-hybridized carbons (Fsp3) is 0.214. The van der Waals surface area contributed by atoms with E-state index in [0.717, 1.165) is 6.07 Å². The van der Waals surface area contributed by atoms with Gasteiger partial charge in [0.2, 0.25) is 0 Å². The molecule has 39 heavy (non-hydrogen) atoms. The summed E-state index contributed by atoms with van der Waals surface area (Å²) in [5.74, 6) is 0.0742. The minimum atomic E-state index is -0.562. The van der Waals surface area contributed by atoms with Crippen LogP contribution in [0.3, 0.4) is 0 Å². The Morgan fingerprint density at radius 3 is 2.64 bits per heavy atom. The average Bonchev–Trinajstić information content (AvgIpc) is 3.35. The van der Waals surface area contributed by atoms with Crippen LogP contribution in [0.25, 0.3) is 28.2 Å². The molecule has 1 N–H and O–H groups in total. The van der Waals surface area contributed by atoms with Crippen molar-refractivity contribution in [2.45, 2.75) is 31.7 Å². The van der Waals surface area contributed by atoms with Gasteiger partial charge in [0.25, 0.3) is 5.91 Å². The van der Waals surface area contributed by atoms with E-state index in [9.17, 15) is 13.6 Å². The van der Waals surface area contributed by atoms with Crippen molar-refractivity contribution in [1.82, 2.24) is 35.0 Å². The molecule has 3 aromatic heterocycles. The number of benzene rings is 2. The lowest BCUT2D eigenvalue weighted by molar-refractivity contribution is 0.0908. The molecule has 1 aliphatic carbocycles. The minimum Gasteiger partial charge on any atom is -0.492 e. The Balaban J connectivity index is 1.26. The van der Waals surface area contributed by atoms with E-state index in [0.29, 0.717) is 59.3 Å². The summed E-state index contributed by atoms with van der Waals surface area (Å²) < 4.78 is 36.2. The number of ether oxygens (including phenoxy) is 1. The second kappa shape index (κ2) is 10.2. The summed E-state index contributed by atoms with van der Waals surface area (Å²) in [5.41, 5.74) is 1.59. The second-order valence-corrected chi connectivity index (χ2v) is 9.20. The normalized spacial score (nSPS) is 16.6. The van der Waals surface area contributed by atoms with Gasteiger partial charge in [-0.25, -0.2) is 13.8 Å². The Morgan fingerprint density at radius 1 is 1.05 bits per heavy atom. The number of halogens is 2. The molecule has 0 bridgehead atoms. The van der Waals surface area contributed by atoms with Crippen molar-refractivity contribution in [2.24, 2.45) is 0 Å². The van der Waals surface area contributed by atoms with Crippen LogP contribution in [0.5, 0.6) is 5.75 Å². The Hall–Kier alpha value is -4.80. The van der Waals surface area contributed by atoms with E-state index in [1.807, 2.05) is 6.92 Å². The number of hydrogen-bond donors (Lipinski definition) is 1. The lowest BCUT2D eigenvalue weighted by atomic mass is 9.79. The first kappa shape index (κ1) is 24.5. The first-order valence-electron chi connectivity index (χ1n) is 12.5. The monoisotopic (exact) mass is 527 g/mol. The summed E-state index contributed by atoms with van der Waals surface area (Å²) >= 11 is 0. The first-order valence-corrected chi connectivity index (χ1v) is 12.5. The summed E-state index contributed by atoms with van der Waals surface area (Å²) in [7, 11) is 0. The van der Waals surface area contributed by atoms with Crippen LogP contribution in [0.4, 0.5) is 8.78 Å². The maximum atomic E-state index is 15.0. The molecule has 0 spiro atoms. The number of para-hydroxylation sites is 1. The molecule has 5 aromatic rings. The van der Waals surface area contributed by atoms with Crippen LogP contribution in [0.2, 0.25) is 0 Å². The quantitative estimate of drug-likeness (QED) is 0.329. The Bertz CT molecular complexity index is 1670. The van der Waals surface area contributed by atoms with E-state index in [1.54, 1.807) is 41.1 Å². The third-order valence-electron chi connectivity index (χ3n) is 6.68. The van der Waals surface area contributed by atoms with Crippen LogP contribution in [-0.4, -0.2) is 48.3 Å². The average molecular weight is 528 g/mol. The molecule has 0 atom stereocenters. The van der Waals surface area contributed by atoms with Crippen LogP contribution >= 0.6 is 0 Å². The third-order valence-corrected chi connectivity index (χ3v) is 6.68. The van der Waals surface area contributed by atoms with Gasteiger partial charge in [-0.1, -0.05) is 12.1 Å². The van der Waals surface area contributed by atoms with Crippen LogP contribution in [0.1, 0.15) is 41.9 Å². The van der Waals surface area contributed by atoms with Gasteiger partial charge in [-0.2, -0.15) is 0 Å². The van der Waals surface area contributed by atoms with E-state index in [1.165, 1.54) is 24.5 Å². The number of pyridine rings is 1. The predicted octanol–water partition coefficient (Wildman–Crippen LogP) is 4.63. The molecule has 0 radical (unpaired) electrons. The van der Waals surface area contributed by atoms with Gasteiger partial charge in [0.1, 0.15) is 34.4 Å². The second-order valence-electron chi connectivity index (χ2n) is 9.20. The maximum Gasteiger partial charge on any atom is 0.253 e. The highest BCUT2D eigenvalue weighted by atomic mass is 19.1. The van der Waals surface area contributed by atoms with Crippen molar-refractivity contribution >= 4 is 16.9 Å². The number of carbonyl (C=O) groups excluding carboxylic acids is 1. The molecule has 0 aliphatic heterocycles. The summed E-state index contributed by atoms with van der Waals surface area (Å²) in [6.07, 6.45) is 5.60. The zero-order valence-corrected chi connectivity index (χ0v) is 20.9. The molecule has 1 fully saturated rings. The molecule has 1 aliphatic rings. The molecule has 3 heterocycles. The van der Waals surface area contributed by atoms with Crippen molar-refractivity contribution in [3.05, 3.63) is 90.1 Å². The van der Waals surface area contributed by atoms with Gasteiger partial charge in [0, 0.05) is 30.4 Å². The highest BCUT2D eigenvalue weighted by molar-refractivity contribution is 6.04. The van der Waals surface area contributed by atoms with Crippen LogP contribution in [0, 0.1) is 11.6 Å². The molecular formula is C28H23F2N7O2. The topological polar surface area (TPSA) is 108 Å². The summed E-state index contributed by atoms with van der Waals surface area (Å²) in [6.45, 7) is 2.40. The predicted molar refractivity (Wildman–Crippen MR) is 138 cm³/mol. The standard InChI is InChI=1S/C28H23F2N7O2/c1-2-39-19-7-8-22(33-15-19)27-36-35-26(37(27)24-6-4-3-5-21(24)30)16-11-18(12-16)34-28(38)20-13-17(29)14-23-25(20)32-10-9-31-23/h3-10,13-16,18H,2,11-12H2,1H3,(H,34,38)/t16-,18-. The van der Waals surface area contributed by atoms with E-state index in [2.05, 4.69) is 30.5 Å². The molecular weight excluding hydrogens is 504 g/mol. The molecule has 6 rings (SSSR count). The van der Waals surface area contributed by atoms with Crippen molar-refractivity contribution < 1.29 is 18.3 Å². The van der Waals surface area contributed by atoms with Gasteiger partial charge in [0.05, 0.1) is 29.6 Å². The SMILES string of the molecule is CCOc1ccc(-c2nnc([C@H]3C[C@H](NC(=O)c4cc(F)cc5nccnc45)C3)n2-c2ccccc2F)nc1. The fourth-order valence-corrected chi connectivity index (χ4v) is 4.78. The van der Waals surface area contributed by atoms with Crippen molar-refractivity contribution in [3.8, 4) is 23.0 Å². The third kappa shape index (κ3) is 4.67. The number of hydrogen-bond acceptors (Lipinski definition) is 7. The summed E-state index contributed by atoms with van der Waals surface area (Å²) in [4.78, 5) is 25.7. The first-order chi connectivity index (χ1) is 19.0. The number of aromatic nitrogens is 6. The lowest BCUT2D eigenvalue weighted by Crippen LogP contribution is -2.44. The molecule has 1 amide bonds. The largest absolute Gasteiger partial charge is 0.492 e. The van der Waals surface area contributed by atoms with E-state index in [4.69, 9.17) is 4.74 Å². The van der Waals surface area contributed by atoms with E-state index < -0.39 is 17.5 Å². The van der Waals surface area contributed by atoms with Crippen molar-refractivity contribution in [2.75, 3.05) is 6.61 Å². The Labute approximate surface area is 221 Å². The number of nitrogens with one attached hydrogen (secondary N) is 1. The van der Waals surface area contributed by atoms with Crippen molar-refractivity contribution in [1.29, 1.82) is 0 Å². The zero-order chi connectivity index (χ0) is 26.9. The number of rotatable bonds is 7. The smallest absolute Gasteiger partial charge is 0.253 e. The zero-order valence-electron chi connectivity index (χ0n) is 20.9. The van der Waals surface area contributed by atoms with Gasteiger partial charge >= 0.3 is 0 Å². The molecule has 0 saturated heterocycles. The highest BCUT2D eigenvalue weighted by Crippen LogP contribution is 2.39. The number of nitrogens with zero attached hydrogens (tertiary/aromatic N) is 6. The highest BCUT2D eigenvalue weighted by Gasteiger charge is 2.37. The number of carbonyl (C=O) groups is 1. The van der Waals surface area contributed by atoms with Gasteiger partial charge < -0.3 is 10.1 Å². The van der Waals surface area contributed by atoms with Gasteiger partial charge in [-0.3, -0.25) is 19.3 Å². The summed E-state index contributed by atoms with van der Waals surface area (Å²) in [5, 5.41) is 11.7. The maximum absolute atomic E-state index is 15.0. The Morgan fingerprint density at radius 2 is 1.87 bits per heavy atom. The Kier molecular flexibility index (Phi) is 6.39. The molecule has 2 aromatic carbocycles. The van der Waals surface area contributed by atoms with E-state index >= 15 is 0 Å².